The lowest BCUT2D eigenvalue weighted by molar-refractivity contribution is 0.661. The Morgan fingerprint density at radius 2 is 0.782 bits per heavy atom. The van der Waals surface area contributed by atoms with Crippen molar-refractivity contribution in [1.29, 1.82) is 0 Å². The molecule has 1 heterocycles. The fourth-order valence-electron chi connectivity index (χ4n) is 8.31. The van der Waals surface area contributed by atoms with Crippen LogP contribution in [-0.4, -0.2) is 9.97 Å². The van der Waals surface area contributed by atoms with Gasteiger partial charge < -0.3 is 0 Å². The van der Waals surface area contributed by atoms with Gasteiger partial charge in [0.1, 0.15) is 0 Å². The summed E-state index contributed by atoms with van der Waals surface area (Å²) in [4.78, 5) is 10.1. The number of nitrogens with zero attached hydrogens (tertiary/aromatic N) is 2. The van der Waals surface area contributed by atoms with E-state index in [-0.39, 0.29) is 5.41 Å². The van der Waals surface area contributed by atoms with Crippen molar-refractivity contribution in [2.75, 3.05) is 0 Å². The second-order valence-electron chi connectivity index (χ2n) is 15.0. The van der Waals surface area contributed by atoms with Crippen molar-refractivity contribution >= 4 is 10.8 Å². The highest BCUT2D eigenvalue weighted by Crippen LogP contribution is 2.53. The first-order chi connectivity index (χ1) is 27.0. The molecule has 0 amide bonds. The number of rotatable bonds is 6. The van der Waals surface area contributed by atoms with Crippen molar-refractivity contribution in [3.63, 3.8) is 0 Å². The maximum atomic E-state index is 5.07. The second kappa shape index (κ2) is 13.2. The fraction of sp³-hybridized carbons (Fsp3) is 0.0566. The van der Waals surface area contributed by atoms with Crippen LogP contribution in [-0.2, 0) is 5.41 Å². The Morgan fingerprint density at radius 3 is 1.35 bits per heavy atom. The fourth-order valence-corrected chi connectivity index (χ4v) is 8.31. The Balaban J connectivity index is 0.972. The van der Waals surface area contributed by atoms with Gasteiger partial charge in [0.05, 0.1) is 11.4 Å². The third kappa shape index (κ3) is 5.84. The Bertz CT molecular complexity index is 2840. The molecule has 0 N–H and O–H groups in total. The predicted octanol–water partition coefficient (Wildman–Crippen LogP) is 13.9. The molecule has 10 rings (SSSR count). The molecule has 2 heteroatoms. The first-order valence-corrected chi connectivity index (χ1v) is 19.0. The van der Waals surface area contributed by atoms with Gasteiger partial charge in [-0.15, -0.1) is 0 Å². The Morgan fingerprint density at radius 1 is 0.327 bits per heavy atom. The summed E-state index contributed by atoms with van der Waals surface area (Å²) in [6.45, 7) is 4.72. The van der Waals surface area contributed by atoms with E-state index in [1.165, 1.54) is 66.4 Å². The summed E-state index contributed by atoms with van der Waals surface area (Å²) in [6, 6.07) is 69.6. The van der Waals surface area contributed by atoms with Crippen molar-refractivity contribution in [3.05, 3.63) is 205 Å². The van der Waals surface area contributed by atoms with Crippen LogP contribution in [0.25, 0.3) is 89.2 Å². The zero-order valence-electron chi connectivity index (χ0n) is 30.9. The van der Waals surface area contributed by atoms with Gasteiger partial charge in [0.2, 0.25) is 0 Å². The quantitative estimate of drug-likeness (QED) is 0.172. The number of benzene rings is 8. The Kier molecular flexibility index (Phi) is 7.85. The van der Waals surface area contributed by atoms with Gasteiger partial charge in [-0.3, -0.25) is 0 Å². The topological polar surface area (TPSA) is 25.8 Å². The van der Waals surface area contributed by atoms with E-state index in [2.05, 4.69) is 184 Å². The average molecular weight is 703 g/mol. The Hall–Kier alpha value is -6.90. The summed E-state index contributed by atoms with van der Waals surface area (Å²) in [7, 11) is 0. The maximum Gasteiger partial charge on any atom is 0.160 e. The largest absolute Gasteiger partial charge is 0.228 e. The van der Waals surface area contributed by atoms with Gasteiger partial charge in [0.25, 0.3) is 0 Å². The van der Waals surface area contributed by atoms with Crippen LogP contribution < -0.4 is 0 Å². The van der Waals surface area contributed by atoms with Crippen LogP contribution in [0.3, 0.4) is 0 Å². The van der Waals surface area contributed by atoms with Crippen LogP contribution in [0, 0.1) is 0 Å². The lowest BCUT2D eigenvalue weighted by Crippen LogP contribution is -2.14. The summed E-state index contributed by atoms with van der Waals surface area (Å²) >= 11 is 0. The van der Waals surface area contributed by atoms with Crippen LogP contribution >= 0.6 is 0 Å². The summed E-state index contributed by atoms with van der Waals surface area (Å²) in [6.07, 6.45) is 0. The molecular formula is C53H38N2. The first-order valence-electron chi connectivity index (χ1n) is 19.0. The molecule has 1 aromatic heterocycles. The summed E-state index contributed by atoms with van der Waals surface area (Å²) in [5.74, 6) is 0.714. The molecule has 0 bridgehead atoms. The Labute approximate surface area is 322 Å². The van der Waals surface area contributed by atoms with E-state index >= 15 is 0 Å². The summed E-state index contributed by atoms with van der Waals surface area (Å²) in [5.41, 5.74) is 17.6. The molecule has 1 aliphatic carbocycles. The zero-order valence-corrected chi connectivity index (χ0v) is 30.9. The standard InChI is InChI=1S/C53H38N2/c1-53(2)47-19-11-18-45(51(47)46-32-43-16-9-10-17-44(43)33-48(46)53)39-26-20-37(21-27-39)38-24-30-41(31-25-38)50-34-49(54-52(55-50)42-14-7-4-8-15-42)40-28-22-36(23-29-40)35-12-5-3-6-13-35/h3-34H,1-2H3. The van der Waals surface area contributed by atoms with Gasteiger partial charge >= 0.3 is 0 Å². The lowest BCUT2D eigenvalue weighted by atomic mass is 9.81. The molecule has 1 aliphatic rings. The monoisotopic (exact) mass is 702 g/mol. The van der Waals surface area contributed by atoms with E-state index in [4.69, 9.17) is 9.97 Å². The number of hydrogen-bond acceptors (Lipinski definition) is 2. The summed E-state index contributed by atoms with van der Waals surface area (Å²) in [5, 5.41) is 2.58. The van der Waals surface area contributed by atoms with E-state index in [0.717, 1.165) is 28.1 Å². The predicted molar refractivity (Wildman–Crippen MR) is 230 cm³/mol. The molecule has 0 radical (unpaired) electrons. The van der Waals surface area contributed by atoms with Gasteiger partial charge in [-0.25, -0.2) is 9.97 Å². The van der Waals surface area contributed by atoms with Gasteiger partial charge in [0, 0.05) is 22.1 Å². The van der Waals surface area contributed by atoms with Crippen LogP contribution in [0.2, 0.25) is 0 Å². The highest BCUT2D eigenvalue weighted by Gasteiger charge is 2.37. The molecule has 0 aliphatic heterocycles. The molecule has 9 aromatic rings. The smallest absolute Gasteiger partial charge is 0.160 e. The zero-order chi connectivity index (χ0) is 36.9. The highest BCUT2D eigenvalue weighted by molar-refractivity contribution is 5.98. The minimum absolute atomic E-state index is 0.0638. The first kappa shape index (κ1) is 32.7. The number of fused-ring (bicyclic) bond motifs is 4. The van der Waals surface area contributed by atoms with Crippen LogP contribution in [0.4, 0.5) is 0 Å². The normalized spacial score (nSPS) is 12.7. The van der Waals surface area contributed by atoms with Gasteiger partial charge in [0.15, 0.2) is 5.82 Å². The van der Waals surface area contributed by atoms with Crippen LogP contribution in [0.15, 0.2) is 194 Å². The maximum absolute atomic E-state index is 5.07. The molecule has 8 aromatic carbocycles. The molecule has 0 unspecified atom stereocenters. The van der Waals surface area contributed by atoms with E-state index in [1.807, 2.05) is 24.3 Å². The van der Waals surface area contributed by atoms with Crippen LogP contribution in [0.5, 0.6) is 0 Å². The SMILES string of the molecule is CC1(C)c2cc3ccccc3cc2-c2c(-c3ccc(-c4ccc(-c5cc(-c6ccc(-c7ccccc7)cc6)nc(-c6ccccc6)n5)cc4)cc3)cccc21. The highest BCUT2D eigenvalue weighted by atomic mass is 14.9. The second-order valence-corrected chi connectivity index (χ2v) is 15.0. The third-order valence-electron chi connectivity index (χ3n) is 11.3. The van der Waals surface area contributed by atoms with E-state index in [1.54, 1.807) is 0 Å². The van der Waals surface area contributed by atoms with Crippen molar-refractivity contribution in [3.8, 4) is 78.4 Å². The molecule has 2 nitrogen and oxygen atoms in total. The number of aromatic nitrogens is 2. The van der Waals surface area contributed by atoms with E-state index < -0.39 is 0 Å². The molecule has 0 spiro atoms. The molecule has 0 saturated carbocycles. The van der Waals surface area contributed by atoms with E-state index in [9.17, 15) is 0 Å². The van der Waals surface area contributed by atoms with Crippen molar-refractivity contribution in [2.24, 2.45) is 0 Å². The van der Waals surface area contributed by atoms with Gasteiger partial charge in [-0.2, -0.15) is 0 Å². The minimum Gasteiger partial charge on any atom is -0.228 e. The molecule has 0 saturated heterocycles. The summed E-state index contributed by atoms with van der Waals surface area (Å²) < 4.78 is 0. The third-order valence-corrected chi connectivity index (χ3v) is 11.3. The molecule has 0 fully saturated rings. The van der Waals surface area contributed by atoms with Gasteiger partial charge in [-0.05, 0) is 84.6 Å². The minimum atomic E-state index is -0.0638. The van der Waals surface area contributed by atoms with Crippen molar-refractivity contribution in [2.45, 2.75) is 19.3 Å². The molecule has 260 valence electrons. The lowest BCUT2D eigenvalue weighted by Gasteiger charge is -2.22. The average Bonchev–Trinajstić information content (AvgIpc) is 3.48. The van der Waals surface area contributed by atoms with Crippen LogP contribution in [0.1, 0.15) is 25.0 Å². The molecule has 55 heavy (non-hydrogen) atoms. The number of hydrogen-bond donors (Lipinski definition) is 0. The molecule has 0 atom stereocenters. The van der Waals surface area contributed by atoms with Gasteiger partial charge in [-0.1, -0.05) is 190 Å². The van der Waals surface area contributed by atoms with Crippen molar-refractivity contribution < 1.29 is 0 Å². The van der Waals surface area contributed by atoms with E-state index in [0.29, 0.717) is 5.82 Å². The van der Waals surface area contributed by atoms with Crippen molar-refractivity contribution in [1.82, 2.24) is 9.97 Å². The molecular weight excluding hydrogens is 665 g/mol.